The molecule has 0 saturated heterocycles. The van der Waals surface area contributed by atoms with Gasteiger partial charge in [0.15, 0.2) is 0 Å². The fourth-order valence-electron chi connectivity index (χ4n) is 3.65. The largest absolute Gasteiger partial charge is 3.00 e. The van der Waals surface area contributed by atoms with Crippen LogP contribution in [0.4, 0.5) is 0 Å². The first-order valence-corrected chi connectivity index (χ1v) is 12.9. The molecule has 2 nitrogen and oxygen atoms in total. The zero-order valence-electron chi connectivity index (χ0n) is 25.2. The standard InChI is InChI=1S/C25H27N2.3C2H6.2CH3.Y/c1-5-25-26-23-12-10-20(15-24(23)27-25)21-8-6-7-19-14-18(9-11-22(19)21)13-17(4)16(2)3;3*1-2;;;/h5-12,14-17H,13H2,1-4H3,(H,26,27);3*1-2H3;2*1H3;/q-1;;;;2*-1;+3. The Morgan fingerprint density at radius 3 is 2.06 bits per heavy atom. The van der Waals surface area contributed by atoms with Gasteiger partial charge in [0.1, 0.15) is 0 Å². The molecule has 3 heteroatoms. The molecule has 0 saturated carbocycles. The average Bonchev–Trinajstić information content (AvgIpc) is 3.30. The van der Waals surface area contributed by atoms with Crippen molar-refractivity contribution in [1.29, 1.82) is 0 Å². The Morgan fingerprint density at radius 1 is 0.833 bits per heavy atom. The molecule has 0 aliphatic heterocycles. The van der Waals surface area contributed by atoms with E-state index in [2.05, 4.69) is 85.3 Å². The Balaban J connectivity index is -0.00000113. The molecule has 1 aromatic heterocycles. The topological polar surface area (TPSA) is 28.7 Å². The predicted molar refractivity (Wildman–Crippen MR) is 163 cm³/mol. The van der Waals surface area contributed by atoms with E-state index in [4.69, 9.17) is 0 Å². The molecule has 4 rings (SSSR count). The number of nitrogens with zero attached hydrogens (tertiary/aromatic N) is 1. The van der Waals surface area contributed by atoms with Crippen LogP contribution in [0.2, 0.25) is 0 Å². The number of nitrogens with one attached hydrogen (secondary N) is 1. The van der Waals surface area contributed by atoms with Crippen molar-refractivity contribution < 1.29 is 32.7 Å². The van der Waals surface area contributed by atoms with Crippen molar-refractivity contribution in [2.45, 2.75) is 75.7 Å². The Hall–Kier alpha value is -1.64. The van der Waals surface area contributed by atoms with Gasteiger partial charge in [-0.2, -0.15) is 6.92 Å². The van der Waals surface area contributed by atoms with Crippen LogP contribution in [0, 0.1) is 33.1 Å². The first-order valence-electron chi connectivity index (χ1n) is 12.9. The number of fused-ring (bicyclic) bond motifs is 2. The molecule has 0 spiro atoms. The van der Waals surface area contributed by atoms with Crippen LogP contribution in [-0.4, -0.2) is 9.97 Å². The molecule has 36 heavy (non-hydrogen) atoms. The number of H-pyrrole nitrogens is 1. The van der Waals surface area contributed by atoms with Crippen molar-refractivity contribution >= 4 is 21.8 Å². The monoisotopic (exact) mass is 564 g/mol. The molecule has 1 atom stereocenters. The third kappa shape index (κ3) is 10.0. The molecule has 0 radical (unpaired) electrons. The minimum atomic E-state index is 0. The van der Waals surface area contributed by atoms with Gasteiger partial charge in [-0.3, -0.25) is 4.98 Å². The number of benzene rings is 3. The van der Waals surface area contributed by atoms with E-state index in [9.17, 15) is 0 Å². The van der Waals surface area contributed by atoms with Gasteiger partial charge >= 0.3 is 32.7 Å². The Labute approximate surface area is 249 Å². The van der Waals surface area contributed by atoms with Gasteiger partial charge in [0.05, 0.1) is 11.0 Å². The molecular formula is C33H51N2Y. The number of hydrogen-bond donors (Lipinski definition) is 1. The van der Waals surface area contributed by atoms with E-state index in [1.54, 1.807) is 0 Å². The minimum absolute atomic E-state index is 0. The number of hydrogen-bond acceptors (Lipinski definition) is 1. The molecule has 1 heterocycles. The van der Waals surface area contributed by atoms with E-state index in [0.29, 0.717) is 11.8 Å². The fraction of sp³-hybridized carbons (Fsp3) is 0.394. The van der Waals surface area contributed by atoms with E-state index in [-0.39, 0.29) is 47.6 Å². The van der Waals surface area contributed by atoms with Crippen molar-refractivity contribution in [3.63, 3.8) is 0 Å². The Kier molecular flexibility index (Phi) is 22.1. The van der Waals surface area contributed by atoms with Gasteiger partial charge in [-0.15, -0.1) is 0 Å². The van der Waals surface area contributed by atoms with Crippen LogP contribution in [-0.2, 0) is 39.1 Å². The summed E-state index contributed by atoms with van der Waals surface area (Å²) in [6, 6.07) is 20.0. The van der Waals surface area contributed by atoms with Gasteiger partial charge in [-0.05, 0) is 63.7 Å². The van der Waals surface area contributed by atoms with Crippen molar-refractivity contribution in [3.8, 4) is 11.1 Å². The molecule has 0 aliphatic carbocycles. The molecule has 196 valence electrons. The van der Waals surface area contributed by atoms with Crippen LogP contribution in [0.25, 0.3) is 32.9 Å². The van der Waals surface area contributed by atoms with Gasteiger partial charge in [-0.1, -0.05) is 105 Å². The number of rotatable bonds is 5. The zero-order chi connectivity index (χ0) is 25.0. The molecule has 0 bridgehead atoms. The summed E-state index contributed by atoms with van der Waals surface area (Å²) in [4.78, 5) is 7.95. The predicted octanol–water partition coefficient (Wildman–Crippen LogP) is 10.8. The SMILES string of the molecule is CC.CC.CC.C[CH-]c1nc2ccc(-c3cccc4cc(CC(C)C(C)C)ccc34)cc2[nH]1.[CH3-].[CH3-].[Y+3]. The summed E-state index contributed by atoms with van der Waals surface area (Å²) in [5.41, 5.74) is 6.02. The van der Waals surface area contributed by atoms with Crippen LogP contribution in [0.3, 0.4) is 0 Å². The molecule has 0 aliphatic rings. The van der Waals surface area contributed by atoms with Gasteiger partial charge in [0, 0.05) is 0 Å². The summed E-state index contributed by atoms with van der Waals surface area (Å²) in [5.74, 6) is 2.32. The molecule has 0 fully saturated rings. The molecule has 4 aromatic rings. The first-order chi connectivity index (χ1) is 16.0. The van der Waals surface area contributed by atoms with Crippen molar-refractivity contribution in [3.05, 3.63) is 87.3 Å². The van der Waals surface area contributed by atoms with Gasteiger partial charge < -0.3 is 26.3 Å². The number of imidazole rings is 1. The summed E-state index contributed by atoms with van der Waals surface area (Å²) >= 11 is 0. The smallest absolute Gasteiger partial charge is 0.368 e. The summed E-state index contributed by atoms with van der Waals surface area (Å²) in [5, 5.41) is 2.62. The molecule has 3 aromatic carbocycles. The van der Waals surface area contributed by atoms with Gasteiger partial charge in [-0.25, -0.2) is 0 Å². The summed E-state index contributed by atoms with van der Waals surface area (Å²) < 4.78 is 0. The molecular weight excluding hydrogens is 513 g/mol. The molecule has 1 N–H and O–H groups in total. The normalized spacial score (nSPS) is 10.1. The fourth-order valence-corrected chi connectivity index (χ4v) is 3.65. The number of aromatic amines is 1. The van der Waals surface area contributed by atoms with Crippen LogP contribution in [0.5, 0.6) is 0 Å². The second kappa shape index (κ2) is 20.4. The maximum atomic E-state index is 4.57. The average molecular weight is 565 g/mol. The van der Waals surface area contributed by atoms with Crippen LogP contribution < -0.4 is 0 Å². The third-order valence-electron chi connectivity index (χ3n) is 5.73. The maximum Gasteiger partial charge on any atom is 3.00 e. The molecule has 1 unspecified atom stereocenters. The molecule has 0 amide bonds. The van der Waals surface area contributed by atoms with Gasteiger partial charge in [0.25, 0.3) is 0 Å². The third-order valence-corrected chi connectivity index (χ3v) is 5.73. The van der Waals surface area contributed by atoms with Crippen molar-refractivity contribution in [1.82, 2.24) is 9.97 Å². The Bertz CT molecular complexity index is 1100. The second-order valence-electron chi connectivity index (χ2n) is 7.93. The van der Waals surface area contributed by atoms with E-state index in [1.165, 1.54) is 27.5 Å². The van der Waals surface area contributed by atoms with Gasteiger partial charge in [0.2, 0.25) is 0 Å². The Morgan fingerprint density at radius 2 is 1.47 bits per heavy atom. The van der Waals surface area contributed by atoms with Crippen molar-refractivity contribution in [2.24, 2.45) is 11.8 Å². The van der Waals surface area contributed by atoms with Crippen molar-refractivity contribution in [2.75, 3.05) is 0 Å². The summed E-state index contributed by atoms with van der Waals surface area (Å²) in [7, 11) is 0. The van der Waals surface area contributed by atoms with E-state index in [1.807, 2.05) is 54.9 Å². The van der Waals surface area contributed by atoms with E-state index < -0.39 is 0 Å². The van der Waals surface area contributed by atoms with Crippen LogP contribution in [0.15, 0.2) is 54.6 Å². The quantitative estimate of drug-likeness (QED) is 0.240. The van der Waals surface area contributed by atoms with Crippen LogP contribution in [0.1, 0.15) is 80.6 Å². The summed E-state index contributed by atoms with van der Waals surface area (Å²) in [6.45, 7) is 20.9. The summed E-state index contributed by atoms with van der Waals surface area (Å²) in [6.07, 6.45) is 3.13. The zero-order valence-corrected chi connectivity index (χ0v) is 28.0. The maximum absolute atomic E-state index is 4.57. The minimum Gasteiger partial charge on any atom is -0.368 e. The van der Waals surface area contributed by atoms with Crippen LogP contribution >= 0.6 is 0 Å². The van der Waals surface area contributed by atoms with E-state index in [0.717, 1.165) is 23.3 Å². The number of aromatic nitrogens is 2. The van der Waals surface area contributed by atoms with E-state index >= 15 is 0 Å². The first kappa shape index (κ1) is 38.9. The second-order valence-corrected chi connectivity index (χ2v) is 7.93.